The second-order valence-corrected chi connectivity index (χ2v) is 8.80. The van der Waals surface area contributed by atoms with Crippen LogP contribution in [-0.4, -0.2) is 44.9 Å². The molecule has 0 bridgehead atoms. The van der Waals surface area contributed by atoms with E-state index in [1.54, 1.807) is 23.5 Å². The summed E-state index contributed by atoms with van der Waals surface area (Å²) in [5.74, 6) is 1.25. The van der Waals surface area contributed by atoms with Gasteiger partial charge in [0.15, 0.2) is 5.96 Å². The molecule has 1 fully saturated rings. The van der Waals surface area contributed by atoms with Crippen molar-refractivity contribution in [2.45, 2.75) is 51.1 Å². The molecule has 1 saturated heterocycles. The third-order valence-electron chi connectivity index (χ3n) is 4.67. The third kappa shape index (κ3) is 6.09. The molecule has 2 rings (SSSR count). The van der Waals surface area contributed by atoms with E-state index in [1.165, 1.54) is 0 Å². The van der Waals surface area contributed by atoms with Gasteiger partial charge in [-0.1, -0.05) is 26.0 Å². The molecule has 148 valence electrons. The van der Waals surface area contributed by atoms with Gasteiger partial charge in [-0.25, -0.2) is 8.42 Å². The van der Waals surface area contributed by atoms with Crippen molar-refractivity contribution in [3.8, 4) is 0 Å². The highest BCUT2D eigenvalue weighted by atomic mass is 127. The van der Waals surface area contributed by atoms with Crippen LogP contribution in [0.4, 0.5) is 0 Å². The first-order valence-electron chi connectivity index (χ1n) is 8.91. The minimum Gasteiger partial charge on any atom is -0.354 e. The molecule has 0 amide bonds. The van der Waals surface area contributed by atoms with Gasteiger partial charge in [0.2, 0.25) is 10.0 Å². The van der Waals surface area contributed by atoms with Gasteiger partial charge >= 0.3 is 0 Å². The van der Waals surface area contributed by atoms with Crippen LogP contribution in [-0.2, 0) is 16.6 Å². The first-order valence-corrected chi connectivity index (χ1v) is 10.3. The zero-order valence-electron chi connectivity index (χ0n) is 16.0. The fraction of sp³-hybridized carbons (Fsp3) is 0.611. The highest BCUT2D eigenvalue weighted by Crippen LogP contribution is 2.21. The smallest absolute Gasteiger partial charge is 0.243 e. The number of halogens is 1. The molecule has 2 N–H and O–H groups in total. The Morgan fingerprint density at radius 3 is 2.23 bits per heavy atom. The molecule has 1 aliphatic rings. The fourth-order valence-corrected chi connectivity index (χ4v) is 4.14. The van der Waals surface area contributed by atoms with Crippen molar-refractivity contribution < 1.29 is 8.42 Å². The monoisotopic (exact) mass is 494 g/mol. The van der Waals surface area contributed by atoms with Crippen LogP contribution in [0.25, 0.3) is 0 Å². The van der Waals surface area contributed by atoms with Crippen LogP contribution in [0.1, 0.15) is 39.2 Å². The molecule has 1 heterocycles. The predicted octanol–water partition coefficient (Wildman–Crippen LogP) is 2.80. The molecule has 8 heteroatoms. The standard InChI is InChI=1S/C18H30N4O2S.HI/c1-14(2)15(3)21-18(19-4)20-13-16-7-9-17(10-8-16)25(23,24)22-11-5-6-12-22;/h7-10,14-15H,5-6,11-13H2,1-4H3,(H2,19,20,21);1H. The Balaban J connectivity index is 0.00000338. The quantitative estimate of drug-likeness (QED) is 0.363. The van der Waals surface area contributed by atoms with Crippen molar-refractivity contribution >= 4 is 40.0 Å². The van der Waals surface area contributed by atoms with Crippen LogP contribution in [0.2, 0.25) is 0 Å². The average Bonchev–Trinajstić information content (AvgIpc) is 3.14. The van der Waals surface area contributed by atoms with Crippen molar-refractivity contribution in [3.63, 3.8) is 0 Å². The summed E-state index contributed by atoms with van der Waals surface area (Å²) < 4.78 is 26.6. The van der Waals surface area contributed by atoms with Gasteiger partial charge in [-0.05, 0) is 43.4 Å². The molecule has 0 aliphatic carbocycles. The summed E-state index contributed by atoms with van der Waals surface area (Å²) >= 11 is 0. The number of rotatable bonds is 6. The van der Waals surface area contributed by atoms with E-state index in [0.29, 0.717) is 36.5 Å². The molecule has 0 saturated carbocycles. The molecular formula is C18H31IN4O2S. The fourth-order valence-electron chi connectivity index (χ4n) is 2.62. The van der Waals surface area contributed by atoms with Gasteiger partial charge in [0.05, 0.1) is 4.90 Å². The van der Waals surface area contributed by atoms with E-state index in [4.69, 9.17) is 0 Å². The van der Waals surface area contributed by atoms with Gasteiger partial charge in [-0.3, -0.25) is 4.99 Å². The largest absolute Gasteiger partial charge is 0.354 e. The lowest BCUT2D eigenvalue weighted by Gasteiger charge is -2.21. The highest BCUT2D eigenvalue weighted by molar-refractivity contribution is 14.0. The lowest BCUT2D eigenvalue weighted by atomic mass is 10.1. The Morgan fingerprint density at radius 2 is 1.73 bits per heavy atom. The number of nitrogens with zero attached hydrogens (tertiary/aromatic N) is 2. The predicted molar refractivity (Wildman–Crippen MR) is 117 cm³/mol. The maximum atomic E-state index is 12.5. The van der Waals surface area contributed by atoms with Crippen molar-refractivity contribution in [3.05, 3.63) is 29.8 Å². The molecule has 1 aliphatic heterocycles. The molecular weight excluding hydrogens is 463 g/mol. The molecule has 0 radical (unpaired) electrons. The van der Waals surface area contributed by atoms with E-state index in [0.717, 1.165) is 24.4 Å². The first kappa shape index (κ1) is 23.2. The molecule has 0 spiro atoms. The normalized spacial score (nSPS) is 17.0. The number of guanidine groups is 1. The van der Waals surface area contributed by atoms with Crippen LogP contribution in [0, 0.1) is 5.92 Å². The summed E-state index contributed by atoms with van der Waals surface area (Å²) in [5, 5.41) is 6.61. The summed E-state index contributed by atoms with van der Waals surface area (Å²) in [6.45, 7) is 8.28. The summed E-state index contributed by atoms with van der Waals surface area (Å²) in [4.78, 5) is 4.60. The van der Waals surface area contributed by atoms with Gasteiger partial charge in [-0.15, -0.1) is 24.0 Å². The minimum atomic E-state index is -3.34. The molecule has 26 heavy (non-hydrogen) atoms. The number of benzene rings is 1. The van der Waals surface area contributed by atoms with E-state index >= 15 is 0 Å². The Labute approximate surface area is 174 Å². The summed E-state index contributed by atoms with van der Waals surface area (Å²) in [5.41, 5.74) is 1.01. The molecule has 1 unspecified atom stereocenters. The van der Waals surface area contributed by atoms with Crippen molar-refractivity contribution in [2.24, 2.45) is 10.9 Å². The average molecular weight is 494 g/mol. The zero-order valence-corrected chi connectivity index (χ0v) is 19.2. The van der Waals surface area contributed by atoms with E-state index < -0.39 is 10.0 Å². The van der Waals surface area contributed by atoms with E-state index in [2.05, 4.69) is 36.4 Å². The molecule has 6 nitrogen and oxygen atoms in total. The second kappa shape index (κ2) is 10.5. The van der Waals surface area contributed by atoms with Crippen molar-refractivity contribution in [1.82, 2.24) is 14.9 Å². The highest BCUT2D eigenvalue weighted by Gasteiger charge is 2.26. The Morgan fingerprint density at radius 1 is 1.15 bits per heavy atom. The molecule has 1 atom stereocenters. The number of nitrogens with one attached hydrogen (secondary N) is 2. The van der Waals surface area contributed by atoms with Gasteiger partial charge in [0, 0.05) is 32.7 Å². The first-order chi connectivity index (χ1) is 11.8. The van der Waals surface area contributed by atoms with Crippen LogP contribution >= 0.6 is 24.0 Å². The maximum Gasteiger partial charge on any atom is 0.243 e. The molecule has 1 aromatic rings. The second-order valence-electron chi connectivity index (χ2n) is 6.86. The van der Waals surface area contributed by atoms with Crippen LogP contribution in [0.5, 0.6) is 0 Å². The number of aliphatic imine (C=N–C) groups is 1. The Bertz CT molecular complexity index is 684. The van der Waals surface area contributed by atoms with Gasteiger partial charge in [0.1, 0.15) is 0 Å². The van der Waals surface area contributed by atoms with Crippen LogP contribution < -0.4 is 10.6 Å². The summed E-state index contributed by atoms with van der Waals surface area (Å²) in [6.07, 6.45) is 1.89. The lowest BCUT2D eigenvalue weighted by molar-refractivity contribution is 0.477. The SMILES string of the molecule is CN=C(NCc1ccc(S(=O)(=O)N2CCCC2)cc1)NC(C)C(C)C.I. The number of hydrogen-bond donors (Lipinski definition) is 2. The summed E-state index contributed by atoms with van der Waals surface area (Å²) in [7, 11) is -1.60. The van der Waals surface area contributed by atoms with Crippen molar-refractivity contribution in [2.75, 3.05) is 20.1 Å². The van der Waals surface area contributed by atoms with Crippen LogP contribution in [0.15, 0.2) is 34.2 Å². The Kier molecular flexibility index (Phi) is 9.32. The topological polar surface area (TPSA) is 73.8 Å². The van der Waals surface area contributed by atoms with Gasteiger partial charge in [-0.2, -0.15) is 4.31 Å². The van der Waals surface area contributed by atoms with Crippen LogP contribution in [0.3, 0.4) is 0 Å². The zero-order chi connectivity index (χ0) is 18.4. The van der Waals surface area contributed by atoms with Crippen molar-refractivity contribution in [1.29, 1.82) is 0 Å². The van der Waals surface area contributed by atoms with E-state index in [-0.39, 0.29) is 24.0 Å². The number of hydrogen-bond acceptors (Lipinski definition) is 3. The van der Waals surface area contributed by atoms with Gasteiger partial charge in [0.25, 0.3) is 0 Å². The number of sulfonamides is 1. The lowest BCUT2D eigenvalue weighted by Crippen LogP contribution is -2.43. The maximum absolute atomic E-state index is 12.5. The third-order valence-corrected chi connectivity index (χ3v) is 6.59. The molecule has 0 aromatic heterocycles. The van der Waals surface area contributed by atoms with E-state index in [9.17, 15) is 8.42 Å². The minimum absolute atomic E-state index is 0. The summed E-state index contributed by atoms with van der Waals surface area (Å²) in [6, 6.07) is 7.42. The molecule has 1 aromatic carbocycles. The van der Waals surface area contributed by atoms with E-state index in [1.807, 2.05) is 12.1 Å². The van der Waals surface area contributed by atoms with Gasteiger partial charge < -0.3 is 10.6 Å². The Hall–Kier alpha value is -0.870.